The first-order valence-corrected chi connectivity index (χ1v) is 11.4. The van der Waals surface area contributed by atoms with Crippen LogP contribution in [0, 0.1) is 5.92 Å². The van der Waals surface area contributed by atoms with E-state index in [9.17, 15) is 9.59 Å². The summed E-state index contributed by atoms with van der Waals surface area (Å²) in [4.78, 5) is 28.0. The highest BCUT2D eigenvalue weighted by molar-refractivity contribution is 5.88. The van der Waals surface area contributed by atoms with Crippen molar-refractivity contribution >= 4 is 11.8 Å². The number of nitrogens with one attached hydrogen (secondary N) is 2. The molecule has 0 radical (unpaired) electrons. The maximum absolute atomic E-state index is 13.1. The van der Waals surface area contributed by atoms with Crippen LogP contribution in [0.4, 0.5) is 0 Å². The minimum atomic E-state index is -0.693. The summed E-state index contributed by atoms with van der Waals surface area (Å²) in [6.45, 7) is 7.63. The SMILES string of the molecule is CC(C)CC(=O)NC(C(=O)NCc1ccccc1CN1CCCCC1)c1ccccc1. The maximum atomic E-state index is 13.1. The van der Waals surface area contributed by atoms with Gasteiger partial charge in [0, 0.05) is 19.5 Å². The predicted molar refractivity (Wildman–Crippen MR) is 124 cm³/mol. The van der Waals surface area contributed by atoms with Crippen molar-refractivity contribution < 1.29 is 9.59 Å². The van der Waals surface area contributed by atoms with E-state index in [4.69, 9.17) is 0 Å². The van der Waals surface area contributed by atoms with Crippen LogP contribution in [0.2, 0.25) is 0 Å². The molecule has 0 spiro atoms. The van der Waals surface area contributed by atoms with Gasteiger partial charge >= 0.3 is 0 Å². The molecule has 31 heavy (non-hydrogen) atoms. The summed E-state index contributed by atoms with van der Waals surface area (Å²) in [7, 11) is 0. The molecule has 1 fully saturated rings. The van der Waals surface area contributed by atoms with Crippen LogP contribution in [0.15, 0.2) is 54.6 Å². The van der Waals surface area contributed by atoms with Gasteiger partial charge in [-0.1, -0.05) is 74.9 Å². The lowest BCUT2D eigenvalue weighted by Gasteiger charge is -2.27. The van der Waals surface area contributed by atoms with Crippen molar-refractivity contribution in [2.24, 2.45) is 5.92 Å². The first kappa shape index (κ1) is 23.0. The second-order valence-corrected chi connectivity index (χ2v) is 8.83. The molecule has 2 aromatic rings. The molecule has 2 N–H and O–H groups in total. The van der Waals surface area contributed by atoms with Crippen molar-refractivity contribution in [3.8, 4) is 0 Å². The molecule has 1 unspecified atom stereocenters. The van der Waals surface area contributed by atoms with Crippen LogP contribution in [0.25, 0.3) is 0 Å². The molecule has 0 aliphatic carbocycles. The van der Waals surface area contributed by atoms with E-state index in [1.165, 1.54) is 24.8 Å². The summed E-state index contributed by atoms with van der Waals surface area (Å²) in [5.74, 6) is -0.0540. The number of benzene rings is 2. The van der Waals surface area contributed by atoms with Gasteiger partial charge in [-0.25, -0.2) is 0 Å². The Kier molecular flexibility index (Phi) is 8.65. The van der Waals surface area contributed by atoms with Crippen LogP contribution in [0.3, 0.4) is 0 Å². The number of amides is 2. The smallest absolute Gasteiger partial charge is 0.247 e. The van der Waals surface area contributed by atoms with Gasteiger partial charge in [-0.3, -0.25) is 14.5 Å². The minimum Gasteiger partial charge on any atom is -0.350 e. The van der Waals surface area contributed by atoms with Crippen molar-refractivity contribution in [3.63, 3.8) is 0 Å². The standard InChI is InChI=1S/C26H35N3O2/c1-20(2)17-24(30)28-25(21-11-5-3-6-12-21)26(31)27-18-22-13-7-8-14-23(22)19-29-15-9-4-10-16-29/h3,5-8,11-14,20,25H,4,9-10,15-19H2,1-2H3,(H,27,31)(H,28,30). The summed E-state index contributed by atoms with van der Waals surface area (Å²) in [5, 5.41) is 5.98. The first-order chi connectivity index (χ1) is 15.0. The normalized spacial score (nSPS) is 15.5. The molecule has 5 nitrogen and oxygen atoms in total. The van der Waals surface area contributed by atoms with E-state index < -0.39 is 6.04 Å². The molecular formula is C26H35N3O2. The highest BCUT2D eigenvalue weighted by Gasteiger charge is 2.23. The predicted octanol–water partition coefficient (Wildman–Crippen LogP) is 4.19. The molecule has 1 aliphatic heterocycles. The third-order valence-electron chi connectivity index (χ3n) is 5.71. The van der Waals surface area contributed by atoms with Crippen LogP contribution >= 0.6 is 0 Å². The largest absolute Gasteiger partial charge is 0.350 e. The van der Waals surface area contributed by atoms with Gasteiger partial charge < -0.3 is 10.6 Å². The van der Waals surface area contributed by atoms with Crippen LogP contribution in [-0.4, -0.2) is 29.8 Å². The number of carbonyl (C=O) groups excluding carboxylic acids is 2. The summed E-state index contributed by atoms with van der Waals surface area (Å²) in [6, 6.07) is 17.0. The van der Waals surface area contributed by atoms with Crippen LogP contribution in [-0.2, 0) is 22.7 Å². The van der Waals surface area contributed by atoms with E-state index in [1.807, 2.05) is 50.2 Å². The van der Waals surface area contributed by atoms with E-state index >= 15 is 0 Å². The van der Waals surface area contributed by atoms with Gasteiger partial charge in [0.05, 0.1) is 0 Å². The zero-order chi connectivity index (χ0) is 22.1. The number of hydrogen-bond donors (Lipinski definition) is 2. The van der Waals surface area contributed by atoms with Crippen molar-refractivity contribution in [2.75, 3.05) is 13.1 Å². The average Bonchev–Trinajstić information content (AvgIpc) is 2.77. The van der Waals surface area contributed by atoms with E-state index in [1.54, 1.807) is 0 Å². The molecule has 2 amide bonds. The fourth-order valence-electron chi connectivity index (χ4n) is 4.06. The Labute approximate surface area is 186 Å². The van der Waals surface area contributed by atoms with Gasteiger partial charge in [-0.15, -0.1) is 0 Å². The van der Waals surface area contributed by atoms with E-state index in [-0.39, 0.29) is 17.7 Å². The van der Waals surface area contributed by atoms with Gasteiger partial charge in [0.2, 0.25) is 11.8 Å². The quantitative estimate of drug-likeness (QED) is 0.638. The molecule has 1 saturated heterocycles. The van der Waals surface area contributed by atoms with Crippen molar-refractivity contribution in [1.29, 1.82) is 0 Å². The van der Waals surface area contributed by atoms with Crippen LogP contribution in [0.1, 0.15) is 62.3 Å². The molecule has 0 saturated carbocycles. The van der Waals surface area contributed by atoms with E-state index in [0.717, 1.165) is 30.8 Å². The molecule has 1 aliphatic rings. The number of piperidine rings is 1. The van der Waals surface area contributed by atoms with Gasteiger partial charge in [0.15, 0.2) is 0 Å². The molecular weight excluding hydrogens is 386 g/mol. The van der Waals surface area contributed by atoms with Crippen molar-refractivity contribution in [3.05, 3.63) is 71.3 Å². The Balaban J connectivity index is 1.67. The maximum Gasteiger partial charge on any atom is 0.247 e. The molecule has 1 atom stereocenters. The van der Waals surface area contributed by atoms with Crippen LogP contribution in [0.5, 0.6) is 0 Å². The lowest BCUT2D eigenvalue weighted by Crippen LogP contribution is -2.40. The second kappa shape index (κ2) is 11.7. The average molecular weight is 422 g/mol. The van der Waals surface area contributed by atoms with E-state index in [2.05, 4.69) is 33.7 Å². The molecule has 0 bridgehead atoms. The highest BCUT2D eigenvalue weighted by Crippen LogP contribution is 2.18. The number of hydrogen-bond acceptors (Lipinski definition) is 3. The number of rotatable bonds is 9. The molecule has 0 aromatic heterocycles. The third kappa shape index (κ3) is 7.21. The molecule has 3 rings (SSSR count). The first-order valence-electron chi connectivity index (χ1n) is 11.4. The molecule has 2 aromatic carbocycles. The molecule has 1 heterocycles. The number of likely N-dealkylation sites (tertiary alicyclic amines) is 1. The lowest BCUT2D eigenvalue weighted by atomic mass is 10.0. The van der Waals surface area contributed by atoms with Crippen molar-refractivity contribution in [2.45, 2.75) is 58.7 Å². The summed E-state index contributed by atoms with van der Waals surface area (Å²) >= 11 is 0. The van der Waals surface area contributed by atoms with Gasteiger partial charge in [0.1, 0.15) is 6.04 Å². The summed E-state index contributed by atoms with van der Waals surface area (Å²) in [5.41, 5.74) is 3.17. The van der Waals surface area contributed by atoms with E-state index in [0.29, 0.717) is 13.0 Å². The Morgan fingerprint density at radius 1 is 0.903 bits per heavy atom. The zero-order valence-corrected chi connectivity index (χ0v) is 18.8. The molecule has 5 heteroatoms. The Morgan fingerprint density at radius 2 is 1.55 bits per heavy atom. The Hall–Kier alpha value is -2.66. The second-order valence-electron chi connectivity index (χ2n) is 8.83. The third-order valence-corrected chi connectivity index (χ3v) is 5.71. The highest BCUT2D eigenvalue weighted by atomic mass is 16.2. The minimum absolute atomic E-state index is 0.107. The fraction of sp³-hybridized carbons (Fsp3) is 0.462. The fourth-order valence-corrected chi connectivity index (χ4v) is 4.06. The topological polar surface area (TPSA) is 61.4 Å². The number of carbonyl (C=O) groups is 2. The lowest BCUT2D eigenvalue weighted by molar-refractivity contribution is -0.129. The Morgan fingerprint density at radius 3 is 2.23 bits per heavy atom. The summed E-state index contributed by atoms with van der Waals surface area (Å²) in [6.07, 6.45) is 4.23. The summed E-state index contributed by atoms with van der Waals surface area (Å²) < 4.78 is 0. The van der Waals surface area contributed by atoms with Gasteiger partial charge in [-0.2, -0.15) is 0 Å². The monoisotopic (exact) mass is 421 g/mol. The van der Waals surface area contributed by atoms with Crippen LogP contribution < -0.4 is 10.6 Å². The Bertz CT molecular complexity index is 845. The molecule has 166 valence electrons. The zero-order valence-electron chi connectivity index (χ0n) is 18.8. The van der Waals surface area contributed by atoms with Gasteiger partial charge in [-0.05, 0) is 48.5 Å². The van der Waals surface area contributed by atoms with Crippen molar-refractivity contribution in [1.82, 2.24) is 15.5 Å². The number of nitrogens with zero attached hydrogens (tertiary/aromatic N) is 1. The van der Waals surface area contributed by atoms with Gasteiger partial charge in [0.25, 0.3) is 0 Å².